The third kappa shape index (κ3) is 2.02. The van der Waals surface area contributed by atoms with Crippen LogP contribution in [0, 0.1) is 0 Å². The smallest absolute Gasteiger partial charge is 0.399 e. The van der Waals surface area contributed by atoms with Crippen LogP contribution in [0.3, 0.4) is 0 Å². The summed E-state index contributed by atoms with van der Waals surface area (Å²) in [6.07, 6.45) is -0.528. The molecule has 1 aromatic rings. The molecular weight excluding hydrogens is 219 g/mol. The van der Waals surface area contributed by atoms with Crippen molar-refractivity contribution < 1.29 is 16.2 Å². The summed E-state index contributed by atoms with van der Waals surface area (Å²) in [6.45, 7) is 4.31. The third-order valence-electron chi connectivity index (χ3n) is 3.19. The molecule has 0 bridgehead atoms. The first-order valence-electron chi connectivity index (χ1n) is 7.74. The quantitative estimate of drug-likeness (QED) is 0.653. The zero-order valence-electron chi connectivity index (χ0n) is 15.2. The summed E-state index contributed by atoms with van der Waals surface area (Å²) in [5, 5.41) is 3.47. The molecule has 0 aromatic carbocycles. The van der Waals surface area contributed by atoms with E-state index in [2.05, 4.69) is 5.10 Å². The Bertz CT molecular complexity index is 655. The van der Waals surface area contributed by atoms with E-state index in [1.807, 2.05) is 0 Å². The number of hydrogen-bond acceptors (Lipinski definition) is 4. The minimum atomic E-state index is -2.85. The van der Waals surface area contributed by atoms with Gasteiger partial charge < -0.3 is 9.31 Å². The van der Waals surface area contributed by atoms with Crippen molar-refractivity contribution in [2.45, 2.75) is 38.9 Å². The molecular formula is C11H17BN2O3. The van der Waals surface area contributed by atoms with Gasteiger partial charge >= 0.3 is 7.12 Å². The van der Waals surface area contributed by atoms with Gasteiger partial charge in [0.25, 0.3) is 5.56 Å². The fraction of sp³-hybridized carbons (Fsp3) is 0.636. The summed E-state index contributed by atoms with van der Waals surface area (Å²) in [4.78, 5) is 12.0. The predicted molar refractivity (Wildman–Crippen MR) is 65.2 cm³/mol. The van der Waals surface area contributed by atoms with E-state index in [0.29, 0.717) is 0 Å². The average molecular weight is 241 g/mol. The summed E-state index contributed by atoms with van der Waals surface area (Å²) in [5.74, 6) is 0. The minimum Gasteiger partial charge on any atom is -0.399 e. The van der Waals surface area contributed by atoms with E-state index in [0.717, 1.165) is 0 Å². The molecule has 1 aliphatic heterocycles. The Kier molecular flexibility index (Phi) is 1.59. The van der Waals surface area contributed by atoms with Gasteiger partial charge in [0.05, 0.1) is 13.9 Å². The van der Waals surface area contributed by atoms with Crippen molar-refractivity contribution in [3.8, 4) is 0 Å². The number of aromatic nitrogens is 2. The van der Waals surface area contributed by atoms with Gasteiger partial charge in [0, 0.05) is 28.8 Å². The molecule has 0 unspecified atom stereocenters. The largest absolute Gasteiger partial charge is 0.496 e. The normalized spacial score (nSPS) is 26.8. The van der Waals surface area contributed by atoms with Gasteiger partial charge in [0.1, 0.15) is 0 Å². The van der Waals surface area contributed by atoms with Crippen LogP contribution in [-0.4, -0.2) is 28.1 Å². The summed E-state index contributed by atoms with van der Waals surface area (Å²) < 4.78 is 48.9. The predicted octanol–water partition coefficient (Wildman–Crippen LogP) is 0.0795. The molecule has 92 valence electrons. The zero-order chi connectivity index (χ0) is 17.1. The van der Waals surface area contributed by atoms with Crippen molar-refractivity contribution in [3.05, 3.63) is 22.6 Å². The van der Waals surface area contributed by atoms with Crippen molar-refractivity contribution in [1.82, 2.24) is 9.78 Å². The van der Waals surface area contributed by atoms with Crippen molar-refractivity contribution >= 4 is 12.6 Å². The highest BCUT2D eigenvalue weighted by Crippen LogP contribution is 2.36. The van der Waals surface area contributed by atoms with Crippen molar-refractivity contribution in [2.75, 3.05) is 0 Å². The fourth-order valence-corrected chi connectivity index (χ4v) is 1.42. The Labute approximate surface area is 108 Å². The van der Waals surface area contributed by atoms with Gasteiger partial charge in [-0.2, -0.15) is 5.10 Å². The lowest BCUT2D eigenvalue weighted by Gasteiger charge is -2.32. The number of aryl methyl sites for hydroxylation is 1. The molecule has 1 aliphatic rings. The molecule has 1 aromatic heterocycles. The SMILES string of the molecule is [2H]c1nn(C([2H])([2H])[2H])c(=O)c([2H])c1B1OC(C)(C)C(C)(C)O1. The maximum atomic E-state index is 12.0. The molecule has 17 heavy (non-hydrogen) atoms. The van der Waals surface area contributed by atoms with E-state index in [1.54, 1.807) is 27.7 Å². The van der Waals surface area contributed by atoms with E-state index >= 15 is 0 Å². The highest BCUT2D eigenvalue weighted by molar-refractivity contribution is 6.61. The van der Waals surface area contributed by atoms with Crippen LogP contribution in [-0.2, 0) is 16.3 Å². The second kappa shape index (κ2) is 3.68. The lowest BCUT2D eigenvalue weighted by molar-refractivity contribution is 0.00578. The second-order valence-corrected chi connectivity index (χ2v) is 4.96. The first-order valence-corrected chi connectivity index (χ1v) is 5.24. The maximum absolute atomic E-state index is 12.0. The molecule has 2 rings (SSSR count). The molecule has 0 saturated carbocycles. The van der Waals surface area contributed by atoms with Crippen LogP contribution in [0.2, 0.25) is 0 Å². The second-order valence-electron chi connectivity index (χ2n) is 4.96. The summed E-state index contributed by atoms with van der Waals surface area (Å²) in [7, 11) is -1.11. The van der Waals surface area contributed by atoms with E-state index < -0.39 is 43.1 Å². The highest BCUT2D eigenvalue weighted by Gasteiger charge is 2.51. The van der Waals surface area contributed by atoms with Crippen LogP contribution in [0.1, 0.15) is 34.5 Å². The van der Waals surface area contributed by atoms with Gasteiger partial charge in [0.2, 0.25) is 0 Å². The third-order valence-corrected chi connectivity index (χ3v) is 3.19. The molecule has 1 fully saturated rings. The number of hydrogen-bond donors (Lipinski definition) is 0. The molecule has 0 N–H and O–H groups in total. The molecule has 0 atom stereocenters. The Morgan fingerprint density at radius 1 is 1.41 bits per heavy atom. The summed E-state index contributed by atoms with van der Waals surface area (Å²) in [6, 6.07) is -0.658. The van der Waals surface area contributed by atoms with Gasteiger partial charge in [-0.3, -0.25) is 4.79 Å². The molecule has 6 heteroatoms. The van der Waals surface area contributed by atoms with E-state index in [9.17, 15) is 4.79 Å². The Morgan fingerprint density at radius 2 is 2.00 bits per heavy atom. The fourth-order valence-electron chi connectivity index (χ4n) is 1.42. The van der Waals surface area contributed by atoms with Crippen molar-refractivity contribution in [1.29, 1.82) is 0 Å². The monoisotopic (exact) mass is 241 g/mol. The Balaban J connectivity index is 2.56. The van der Waals surface area contributed by atoms with Crippen LogP contribution in [0.25, 0.3) is 0 Å². The van der Waals surface area contributed by atoms with Gasteiger partial charge in [0.15, 0.2) is 0 Å². The topological polar surface area (TPSA) is 53.4 Å². The van der Waals surface area contributed by atoms with Crippen LogP contribution >= 0.6 is 0 Å². The van der Waals surface area contributed by atoms with Crippen LogP contribution < -0.4 is 11.0 Å². The molecule has 5 nitrogen and oxygen atoms in total. The van der Waals surface area contributed by atoms with Gasteiger partial charge in [-0.15, -0.1) is 0 Å². The van der Waals surface area contributed by atoms with E-state index in [1.165, 1.54) is 0 Å². The first-order chi connectivity index (χ1) is 9.78. The highest BCUT2D eigenvalue weighted by atomic mass is 16.7. The average Bonchev–Trinajstić information content (AvgIpc) is 2.51. The van der Waals surface area contributed by atoms with Gasteiger partial charge in [-0.05, 0) is 27.7 Å². The minimum absolute atomic E-state index is 0.159. The van der Waals surface area contributed by atoms with Crippen LogP contribution in [0.4, 0.5) is 0 Å². The molecule has 0 radical (unpaired) electrons. The van der Waals surface area contributed by atoms with Gasteiger partial charge in [-0.25, -0.2) is 4.68 Å². The molecule has 0 amide bonds. The Hall–Kier alpha value is -1.14. The zero-order valence-corrected chi connectivity index (χ0v) is 10.2. The molecule has 0 spiro atoms. The van der Waals surface area contributed by atoms with E-state index in [4.69, 9.17) is 16.2 Å². The number of rotatable bonds is 1. The number of nitrogens with zero attached hydrogens (tertiary/aromatic N) is 2. The molecule has 1 saturated heterocycles. The summed E-state index contributed by atoms with van der Waals surface area (Å²) >= 11 is 0. The van der Waals surface area contributed by atoms with Crippen LogP contribution in [0.5, 0.6) is 0 Å². The lowest BCUT2D eigenvalue weighted by atomic mass is 9.81. The standard InChI is InChI=1S/C11H17BN2O3/c1-10(2)11(3,4)17-12(16-10)8-6-9(15)14(5)13-7-8/h6-7H,1-5H3/i5D3,6D,7D. The molecule has 2 heterocycles. The Morgan fingerprint density at radius 3 is 2.53 bits per heavy atom. The molecule has 0 aliphatic carbocycles. The van der Waals surface area contributed by atoms with Crippen LogP contribution in [0.15, 0.2) is 17.0 Å². The maximum Gasteiger partial charge on any atom is 0.496 e. The lowest BCUT2D eigenvalue weighted by Crippen LogP contribution is -2.41. The van der Waals surface area contributed by atoms with Crippen molar-refractivity contribution in [2.24, 2.45) is 6.98 Å². The van der Waals surface area contributed by atoms with Crippen molar-refractivity contribution in [3.63, 3.8) is 0 Å². The first kappa shape index (κ1) is 7.33. The van der Waals surface area contributed by atoms with E-state index in [-0.39, 0.29) is 10.1 Å². The summed E-state index contributed by atoms with van der Waals surface area (Å²) in [5.41, 5.74) is -2.70. The van der Waals surface area contributed by atoms with Gasteiger partial charge in [-0.1, -0.05) is 0 Å².